The van der Waals surface area contributed by atoms with Gasteiger partial charge in [0.1, 0.15) is 17.3 Å². The predicted molar refractivity (Wildman–Crippen MR) is 116 cm³/mol. The van der Waals surface area contributed by atoms with Gasteiger partial charge < -0.3 is 14.7 Å². The molecule has 0 radical (unpaired) electrons. The average molecular weight is 453 g/mol. The van der Waals surface area contributed by atoms with Gasteiger partial charge in [-0.15, -0.1) is 0 Å². The molecule has 0 spiro atoms. The summed E-state index contributed by atoms with van der Waals surface area (Å²) in [6.07, 6.45) is 3.17. The molecule has 0 bridgehead atoms. The standard InChI is InChI=1S/C24H18ClFN2O4/c1-32-19-8-7-16(11-18(19)25)22(29)20-21(15-5-2-6-17(26)10-15)28(24(31)23(20)30)13-14-4-3-9-27-12-14/h2-12,21,29H,13H2,1H3/b22-20+. The molecule has 1 aliphatic rings. The summed E-state index contributed by atoms with van der Waals surface area (Å²) >= 11 is 6.18. The second-order valence-electron chi connectivity index (χ2n) is 7.19. The molecule has 32 heavy (non-hydrogen) atoms. The Balaban J connectivity index is 1.87. The number of hydrogen-bond donors (Lipinski definition) is 1. The maximum Gasteiger partial charge on any atom is 0.295 e. The summed E-state index contributed by atoms with van der Waals surface area (Å²) in [4.78, 5) is 31.3. The van der Waals surface area contributed by atoms with E-state index in [1.807, 2.05) is 0 Å². The zero-order valence-corrected chi connectivity index (χ0v) is 17.7. The maximum absolute atomic E-state index is 14.0. The number of amides is 1. The number of carbonyl (C=O) groups excluding carboxylic acids is 2. The topological polar surface area (TPSA) is 79.7 Å². The van der Waals surface area contributed by atoms with E-state index in [1.54, 1.807) is 36.7 Å². The van der Waals surface area contributed by atoms with E-state index in [4.69, 9.17) is 16.3 Å². The lowest BCUT2D eigenvalue weighted by atomic mass is 9.95. The minimum absolute atomic E-state index is 0.0553. The van der Waals surface area contributed by atoms with E-state index in [9.17, 15) is 19.1 Å². The fraction of sp³-hybridized carbons (Fsp3) is 0.125. The molecular formula is C24H18ClFN2O4. The van der Waals surface area contributed by atoms with Gasteiger partial charge in [-0.2, -0.15) is 0 Å². The van der Waals surface area contributed by atoms with Crippen molar-refractivity contribution in [3.8, 4) is 5.75 Å². The molecular weight excluding hydrogens is 435 g/mol. The van der Waals surface area contributed by atoms with Crippen LogP contribution in [0.15, 0.2) is 72.6 Å². The molecule has 162 valence electrons. The van der Waals surface area contributed by atoms with Crippen molar-refractivity contribution in [2.45, 2.75) is 12.6 Å². The van der Waals surface area contributed by atoms with Gasteiger partial charge in [-0.25, -0.2) is 4.39 Å². The van der Waals surface area contributed by atoms with Crippen LogP contribution in [0.25, 0.3) is 5.76 Å². The van der Waals surface area contributed by atoms with E-state index in [0.29, 0.717) is 16.9 Å². The third-order valence-corrected chi connectivity index (χ3v) is 5.50. The molecule has 4 rings (SSSR count). The van der Waals surface area contributed by atoms with Crippen LogP contribution in [0, 0.1) is 5.82 Å². The normalized spacial score (nSPS) is 17.6. The molecule has 0 saturated carbocycles. The highest BCUT2D eigenvalue weighted by atomic mass is 35.5. The van der Waals surface area contributed by atoms with Crippen LogP contribution in [0.2, 0.25) is 5.02 Å². The Morgan fingerprint density at radius 2 is 2.00 bits per heavy atom. The number of ether oxygens (including phenoxy) is 1. The number of likely N-dealkylation sites (tertiary alicyclic amines) is 1. The first-order chi connectivity index (χ1) is 15.4. The van der Waals surface area contributed by atoms with Crippen molar-refractivity contribution in [3.05, 3.63) is 100 Å². The molecule has 2 heterocycles. The van der Waals surface area contributed by atoms with Crippen LogP contribution in [-0.2, 0) is 16.1 Å². The molecule has 1 aromatic heterocycles. The number of ketones is 1. The minimum atomic E-state index is -0.994. The van der Waals surface area contributed by atoms with E-state index in [-0.39, 0.29) is 22.7 Å². The SMILES string of the molecule is COc1ccc(/C(O)=C2\C(=O)C(=O)N(Cc3cccnc3)C2c2cccc(F)c2)cc1Cl. The number of aromatic nitrogens is 1. The van der Waals surface area contributed by atoms with Crippen molar-refractivity contribution in [1.29, 1.82) is 0 Å². The van der Waals surface area contributed by atoms with Crippen molar-refractivity contribution in [2.75, 3.05) is 7.11 Å². The fourth-order valence-corrected chi connectivity index (χ4v) is 3.98. The van der Waals surface area contributed by atoms with Gasteiger partial charge in [0.2, 0.25) is 0 Å². The number of pyridine rings is 1. The Morgan fingerprint density at radius 1 is 1.19 bits per heavy atom. The highest BCUT2D eigenvalue weighted by Crippen LogP contribution is 2.41. The van der Waals surface area contributed by atoms with Crippen molar-refractivity contribution < 1.29 is 23.8 Å². The van der Waals surface area contributed by atoms with Crippen LogP contribution < -0.4 is 4.74 Å². The van der Waals surface area contributed by atoms with Gasteiger partial charge in [-0.3, -0.25) is 14.6 Å². The van der Waals surface area contributed by atoms with Gasteiger partial charge in [0.25, 0.3) is 11.7 Å². The van der Waals surface area contributed by atoms with Crippen LogP contribution in [-0.4, -0.2) is 33.8 Å². The first kappa shape index (κ1) is 21.5. The molecule has 8 heteroatoms. The zero-order valence-electron chi connectivity index (χ0n) is 17.0. The van der Waals surface area contributed by atoms with Crippen LogP contribution >= 0.6 is 11.6 Å². The summed E-state index contributed by atoms with van der Waals surface area (Å²) in [7, 11) is 1.45. The molecule has 1 amide bonds. The Bertz CT molecular complexity index is 1230. The minimum Gasteiger partial charge on any atom is -0.507 e. The Kier molecular flexibility index (Phi) is 5.92. The molecule has 1 unspecified atom stereocenters. The number of halogens is 2. The molecule has 1 aliphatic heterocycles. The number of rotatable bonds is 5. The third-order valence-electron chi connectivity index (χ3n) is 5.21. The number of benzene rings is 2. The number of aliphatic hydroxyl groups is 1. The molecule has 1 atom stereocenters. The number of aliphatic hydroxyl groups excluding tert-OH is 1. The lowest BCUT2D eigenvalue weighted by molar-refractivity contribution is -0.140. The zero-order chi connectivity index (χ0) is 22.8. The first-order valence-electron chi connectivity index (χ1n) is 9.67. The smallest absolute Gasteiger partial charge is 0.295 e. The number of methoxy groups -OCH3 is 1. The van der Waals surface area contributed by atoms with Gasteiger partial charge in [0, 0.05) is 24.5 Å². The highest BCUT2D eigenvalue weighted by Gasteiger charge is 2.46. The van der Waals surface area contributed by atoms with Crippen molar-refractivity contribution in [3.63, 3.8) is 0 Å². The fourth-order valence-electron chi connectivity index (χ4n) is 3.72. The summed E-state index contributed by atoms with van der Waals surface area (Å²) < 4.78 is 19.2. The van der Waals surface area contributed by atoms with Crippen molar-refractivity contribution in [1.82, 2.24) is 9.88 Å². The highest BCUT2D eigenvalue weighted by molar-refractivity contribution is 6.46. The van der Waals surface area contributed by atoms with E-state index in [0.717, 1.165) is 0 Å². The van der Waals surface area contributed by atoms with Crippen LogP contribution in [0.1, 0.15) is 22.7 Å². The van der Waals surface area contributed by atoms with Crippen LogP contribution in [0.3, 0.4) is 0 Å². The average Bonchev–Trinajstić information content (AvgIpc) is 3.04. The Hall–Kier alpha value is -3.71. The molecule has 6 nitrogen and oxygen atoms in total. The van der Waals surface area contributed by atoms with Gasteiger partial charge in [-0.1, -0.05) is 29.8 Å². The second-order valence-corrected chi connectivity index (χ2v) is 7.60. The van der Waals surface area contributed by atoms with Gasteiger partial charge in [0.15, 0.2) is 0 Å². The first-order valence-corrected chi connectivity index (χ1v) is 10.0. The quantitative estimate of drug-likeness (QED) is 0.350. The molecule has 1 fully saturated rings. The van der Waals surface area contributed by atoms with Gasteiger partial charge in [-0.05, 0) is 47.5 Å². The number of carbonyl (C=O) groups is 2. The number of nitrogens with zero attached hydrogens (tertiary/aromatic N) is 2. The van der Waals surface area contributed by atoms with E-state index in [1.165, 1.54) is 42.3 Å². The van der Waals surface area contributed by atoms with Crippen LogP contribution in [0.4, 0.5) is 4.39 Å². The summed E-state index contributed by atoms with van der Waals surface area (Å²) in [6.45, 7) is 0.0553. The van der Waals surface area contributed by atoms with E-state index in [2.05, 4.69) is 4.98 Å². The van der Waals surface area contributed by atoms with Crippen molar-refractivity contribution >= 4 is 29.1 Å². The molecule has 2 aromatic carbocycles. The predicted octanol–water partition coefficient (Wildman–Crippen LogP) is 4.50. The monoisotopic (exact) mass is 452 g/mol. The van der Waals surface area contributed by atoms with E-state index >= 15 is 0 Å². The van der Waals surface area contributed by atoms with E-state index < -0.39 is 29.3 Å². The van der Waals surface area contributed by atoms with Crippen molar-refractivity contribution in [2.24, 2.45) is 0 Å². The lowest BCUT2D eigenvalue weighted by Gasteiger charge is -2.25. The maximum atomic E-state index is 14.0. The lowest BCUT2D eigenvalue weighted by Crippen LogP contribution is -2.29. The second kappa shape index (κ2) is 8.80. The molecule has 1 N–H and O–H groups in total. The largest absolute Gasteiger partial charge is 0.507 e. The van der Waals surface area contributed by atoms with Gasteiger partial charge in [0.05, 0.1) is 23.7 Å². The summed E-state index contributed by atoms with van der Waals surface area (Å²) in [5.74, 6) is -2.21. The summed E-state index contributed by atoms with van der Waals surface area (Å²) in [6, 6.07) is 12.6. The summed E-state index contributed by atoms with van der Waals surface area (Å²) in [5.41, 5.74) is 1.12. The Labute approximate surface area is 188 Å². The Morgan fingerprint density at radius 3 is 2.66 bits per heavy atom. The number of Topliss-reactive ketones (excluding diaryl/α,β-unsaturated/α-hetero) is 1. The molecule has 3 aromatic rings. The summed E-state index contributed by atoms with van der Waals surface area (Å²) in [5, 5.41) is 11.3. The molecule has 0 aliphatic carbocycles. The third kappa shape index (κ3) is 3.94. The molecule has 1 saturated heterocycles. The van der Waals surface area contributed by atoms with Gasteiger partial charge >= 0.3 is 0 Å². The van der Waals surface area contributed by atoms with Crippen LogP contribution in [0.5, 0.6) is 5.75 Å². The number of hydrogen-bond acceptors (Lipinski definition) is 5.